The quantitative estimate of drug-likeness (QED) is 0.409. The Morgan fingerprint density at radius 3 is 2.36 bits per heavy atom. The van der Waals surface area contributed by atoms with Gasteiger partial charge in [0.15, 0.2) is 5.96 Å². The van der Waals surface area contributed by atoms with Crippen molar-refractivity contribution in [1.82, 2.24) is 15.1 Å². The molecule has 2 fully saturated rings. The normalized spacial score (nSPS) is 19.3. The van der Waals surface area contributed by atoms with Gasteiger partial charge in [-0.3, -0.25) is 4.79 Å². The van der Waals surface area contributed by atoms with Crippen LogP contribution in [0.5, 0.6) is 0 Å². The zero-order valence-corrected chi connectivity index (χ0v) is 16.2. The lowest BCUT2D eigenvalue weighted by Gasteiger charge is -2.29. The lowest BCUT2D eigenvalue weighted by molar-refractivity contribution is -0.127. The van der Waals surface area contributed by atoms with Gasteiger partial charge in [0.05, 0.1) is 0 Å². The van der Waals surface area contributed by atoms with Gasteiger partial charge in [-0.1, -0.05) is 0 Å². The molecule has 1 N–H and O–H groups in total. The Balaban J connectivity index is 0.00000242. The van der Waals surface area contributed by atoms with Gasteiger partial charge in [-0.2, -0.15) is 0 Å². The molecule has 6 nitrogen and oxygen atoms in total. The number of guanidine groups is 1. The average Bonchev–Trinajstić information content (AvgIpc) is 3.27. The van der Waals surface area contributed by atoms with Crippen LogP contribution in [0.1, 0.15) is 25.7 Å². The highest BCUT2D eigenvalue weighted by Crippen LogP contribution is 2.20. The molecule has 0 aromatic heterocycles. The van der Waals surface area contributed by atoms with Crippen molar-refractivity contribution >= 4 is 35.8 Å². The van der Waals surface area contributed by atoms with Crippen molar-refractivity contribution in [3.8, 4) is 0 Å². The fourth-order valence-electron chi connectivity index (χ4n) is 2.37. The number of likely N-dealkylation sites (N-methyl/N-ethyl adjacent to an activating group) is 1. The summed E-state index contributed by atoms with van der Waals surface area (Å²) in [5, 5.41) is 3.45. The molecule has 7 heteroatoms. The SMILES string of the molecule is CN(C)C(=O)CN=C(NC1CC1)N(C)CC1CCOCC1.I. The Kier molecular flexibility index (Phi) is 8.45. The first kappa shape index (κ1) is 19.5. The van der Waals surface area contributed by atoms with E-state index >= 15 is 0 Å². The minimum Gasteiger partial charge on any atom is -0.381 e. The monoisotopic (exact) mass is 424 g/mol. The first-order valence-electron chi connectivity index (χ1n) is 7.86. The van der Waals surface area contributed by atoms with E-state index in [4.69, 9.17) is 4.74 Å². The standard InChI is InChI=1S/C15H28N4O2.HI/c1-18(2)14(20)10-16-15(17-13-4-5-13)19(3)11-12-6-8-21-9-7-12;/h12-13H,4-11H2,1-3H3,(H,16,17);1H. The summed E-state index contributed by atoms with van der Waals surface area (Å²) in [5.74, 6) is 1.54. The number of rotatable bonds is 5. The summed E-state index contributed by atoms with van der Waals surface area (Å²) in [5.41, 5.74) is 0. The molecular formula is C15H29IN4O2. The molecule has 2 aliphatic rings. The van der Waals surface area contributed by atoms with Crippen LogP contribution >= 0.6 is 24.0 Å². The number of amides is 1. The van der Waals surface area contributed by atoms with Crippen LogP contribution < -0.4 is 5.32 Å². The third-order valence-corrected chi connectivity index (χ3v) is 4.01. The van der Waals surface area contributed by atoms with Gasteiger partial charge < -0.3 is 19.9 Å². The minimum atomic E-state index is 0. The van der Waals surface area contributed by atoms with Crippen molar-refractivity contribution < 1.29 is 9.53 Å². The maximum atomic E-state index is 11.7. The van der Waals surface area contributed by atoms with E-state index in [0.717, 1.165) is 38.6 Å². The van der Waals surface area contributed by atoms with Gasteiger partial charge in [-0.05, 0) is 31.6 Å². The van der Waals surface area contributed by atoms with E-state index in [1.807, 2.05) is 0 Å². The summed E-state index contributed by atoms with van der Waals surface area (Å²) < 4.78 is 5.41. The van der Waals surface area contributed by atoms with Crippen LogP contribution in [0.4, 0.5) is 0 Å². The third-order valence-electron chi connectivity index (χ3n) is 4.01. The van der Waals surface area contributed by atoms with Crippen LogP contribution in [0.2, 0.25) is 0 Å². The summed E-state index contributed by atoms with van der Waals surface area (Å²) in [6, 6.07) is 0.537. The Morgan fingerprint density at radius 2 is 1.82 bits per heavy atom. The molecule has 0 spiro atoms. The molecule has 1 amide bonds. The van der Waals surface area contributed by atoms with E-state index in [1.54, 1.807) is 19.0 Å². The van der Waals surface area contributed by atoms with Crippen molar-refractivity contribution in [2.45, 2.75) is 31.7 Å². The largest absolute Gasteiger partial charge is 0.381 e. The number of carbonyl (C=O) groups excluding carboxylic acids is 1. The highest BCUT2D eigenvalue weighted by molar-refractivity contribution is 14.0. The number of halogens is 1. The Morgan fingerprint density at radius 1 is 1.18 bits per heavy atom. The number of nitrogens with one attached hydrogen (secondary N) is 1. The maximum absolute atomic E-state index is 11.7. The van der Waals surface area contributed by atoms with Crippen LogP contribution in [0, 0.1) is 5.92 Å². The van der Waals surface area contributed by atoms with Crippen molar-refractivity contribution in [2.75, 3.05) is 47.4 Å². The molecule has 0 bridgehead atoms. The average molecular weight is 424 g/mol. The lowest BCUT2D eigenvalue weighted by atomic mass is 10.00. The minimum absolute atomic E-state index is 0. The van der Waals surface area contributed by atoms with Gasteiger partial charge in [0.1, 0.15) is 6.54 Å². The molecule has 0 atom stereocenters. The van der Waals surface area contributed by atoms with Gasteiger partial charge in [0.2, 0.25) is 5.91 Å². The zero-order valence-electron chi connectivity index (χ0n) is 13.9. The molecule has 0 radical (unpaired) electrons. The van der Waals surface area contributed by atoms with E-state index in [-0.39, 0.29) is 36.4 Å². The summed E-state index contributed by atoms with van der Waals surface area (Å²) >= 11 is 0. The summed E-state index contributed by atoms with van der Waals surface area (Å²) in [6.45, 7) is 2.90. The zero-order chi connectivity index (χ0) is 15.2. The van der Waals surface area contributed by atoms with Crippen molar-refractivity contribution in [3.63, 3.8) is 0 Å². The number of hydrogen-bond acceptors (Lipinski definition) is 3. The van der Waals surface area contributed by atoms with Crippen molar-refractivity contribution in [1.29, 1.82) is 0 Å². The highest BCUT2D eigenvalue weighted by Gasteiger charge is 2.25. The van der Waals surface area contributed by atoms with E-state index < -0.39 is 0 Å². The third kappa shape index (κ3) is 6.68. The summed E-state index contributed by atoms with van der Waals surface area (Å²) in [7, 11) is 5.58. The second-order valence-electron chi connectivity index (χ2n) is 6.28. The van der Waals surface area contributed by atoms with Crippen LogP contribution in [0.3, 0.4) is 0 Å². The molecular weight excluding hydrogens is 395 g/mol. The molecule has 1 heterocycles. The molecule has 1 saturated heterocycles. The molecule has 1 aliphatic carbocycles. The lowest BCUT2D eigenvalue weighted by Crippen LogP contribution is -2.43. The summed E-state index contributed by atoms with van der Waals surface area (Å²) in [4.78, 5) is 20.0. The fraction of sp³-hybridized carbons (Fsp3) is 0.867. The Labute approximate surface area is 150 Å². The van der Waals surface area contributed by atoms with Crippen LogP contribution in [0.15, 0.2) is 4.99 Å². The number of carbonyl (C=O) groups is 1. The predicted molar refractivity (Wildman–Crippen MR) is 98.7 cm³/mol. The second-order valence-corrected chi connectivity index (χ2v) is 6.28. The Bertz CT molecular complexity index is 380. The van der Waals surface area contributed by atoms with Crippen molar-refractivity contribution in [3.05, 3.63) is 0 Å². The van der Waals surface area contributed by atoms with Gasteiger partial charge in [0, 0.05) is 46.9 Å². The molecule has 0 unspecified atom stereocenters. The summed E-state index contributed by atoms with van der Waals surface area (Å²) in [6.07, 6.45) is 4.62. The maximum Gasteiger partial charge on any atom is 0.243 e. The molecule has 1 aliphatic heterocycles. The topological polar surface area (TPSA) is 57.2 Å². The van der Waals surface area contributed by atoms with Crippen LogP contribution in [-0.4, -0.2) is 75.2 Å². The fourth-order valence-corrected chi connectivity index (χ4v) is 2.37. The number of nitrogens with zero attached hydrogens (tertiary/aromatic N) is 3. The van der Waals surface area contributed by atoms with Gasteiger partial charge in [-0.25, -0.2) is 4.99 Å². The number of ether oxygens (including phenoxy) is 1. The number of hydrogen-bond donors (Lipinski definition) is 1. The molecule has 0 aromatic carbocycles. The smallest absolute Gasteiger partial charge is 0.243 e. The van der Waals surface area contributed by atoms with Crippen molar-refractivity contribution in [2.24, 2.45) is 10.9 Å². The van der Waals surface area contributed by atoms with Crippen LogP contribution in [0.25, 0.3) is 0 Å². The molecule has 22 heavy (non-hydrogen) atoms. The van der Waals surface area contributed by atoms with E-state index in [1.165, 1.54) is 12.8 Å². The van der Waals surface area contributed by atoms with E-state index in [2.05, 4.69) is 22.3 Å². The van der Waals surface area contributed by atoms with Crippen LogP contribution in [-0.2, 0) is 9.53 Å². The second kappa shape index (κ2) is 9.54. The van der Waals surface area contributed by atoms with Gasteiger partial charge in [0.25, 0.3) is 0 Å². The molecule has 2 rings (SSSR count). The highest BCUT2D eigenvalue weighted by atomic mass is 127. The van der Waals surface area contributed by atoms with E-state index in [9.17, 15) is 4.79 Å². The molecule has 1 saturated carbocycles. The first-order valence-corrected chi connectivity index (χ1v) is 7.86. The molecule has 128 valence electrons. The van der Waals surface area contributed by atoms with Gasteiger partial charge in [-0.15, -0.1) is 24.0 Å². The predicted octanol–water partition coefficient (Wildman–Crippen LogP) is 1.16. The first-order chi connectivity index (χ1) is 10.1. The Hall–Kier alpha value is -0.570. The van der Waals surface area contributed by atoms with Gasteiger partial charge >= 0.3 is 0 Å². The van der Waals surface area contributed by atoms with E-state index in [0.29, 0.717) is 12.0 Å². The number of aliphatic imine (C=N–C) groups is 1. The molecule has 0 aromatic rings.